The lowest BCUT2D eigenvalue weighted by atomic mass is 10.0. The number of aromatic nitrogens is 6. The lowest BCUT2D eigenvalue weighted by Crippen LogP contribution is -2.11. The van der Waals surface area contributed by atoms with Gasteiger partial charge in [-0.25, -0.2) is 9.36 Å². The van der Waals surface area contributed by atoms with Gasteiger partial charge >= 0.3 is 0 Å². The van der Waals surface area contributed by atoms with Gasteiger partial charge in [0.15, 0.2) is 0 Å². The third-order valence-electron chi connectivity index (χ3n) is 6.95. The number of aryl methyl sites for hydroxylation is 2. The van der Waals surface area contributed by atoms with E-state index in [1.807, 2.05) is 45.8 Å². The van der Waals surface area contributed by atoms with Gasteiger partial charge in [-0.05, 0) is 36.1 Å². The van der Waals surface area contributed by atoms with Gasteiger partial charge in [0.1, 0.15) is 22.8 Å². The molecule has 4 aromatic carbocycles. The third-order valence-corrected chi connectivity index (χ3v) is 6.95. The van der Waals surface area contributed by atoms with Gasteiger partial charge in [-0.15, -0.1) is 10.2 Å². The summed E-state index contributed by atoms with van der Waals surface area (Å²) in [6, 6.07) is 37.2. The van der Waals surface area contributed by atoms with Crippen LogP contribution in [0, 0.1) is 13.8 Å². The van der Waals surface area contributed by atoms with Gasteiger partial charge in [0.25, 0.3) is 0 Å². The Kier molecular flexibility index (Phi) is 6.36. The molecule has 38 heavy (non-hydrogen) atoms. The van der Waals surface area contributed by atoms with Gasteiger partial charge in [0.2, 0.25) is 0 Å². The molecule has 6 aromatic rings. The summed E-state index contributed by atoms with van der Waals surface area (Å²) in [5.41, 5.74) is 10.2. The Balaban J connectivity index is 1.60. The molecule has 6 heteroatoms. The maximum absolute atomic E-state index is 4.71. The van der Waals surface area contributed by atoms with Gasteiger partial charge in [-0.3, -0.25) is 0 Å². The van der Waals surface area contributed by atoms with Gasteiger partial charge in [0.05, 0.1) is 13.1 Å². The largest absolute Gasteiger partial charge is 0.238 e. The summed E-state index contributed by atoms with van der Waals surface area (Å²) >= 11 is 0. The first-order chi connectivity index (χ1) is 18.7. The molecule has 0 spiro atoms. The monoisotopic (exact) mass is 496 g/mol. The molecule has 0 aliphatic heterocycles. The molecule has 0 radical (unpaired) electrons. The fourth-order valence-corrected chi connectivity index (χ4v) is 4.79. The van der Waals surface area contributed by atoms with Crippen molar-refractivity contribution in [3.8, 4) is 33.9 Å². The number of benzene rings is 4. The predicted octanol–water partition coefficient (Wildman–Crippen LogP) is 6.58. The van der Waals surface area contributed by atoms with Crippen LogP contribution in [0.5, 0.6) is 0 Å². The number of nitrogens with zero attached hydrogens (tertiary/aromatic N) is 6. The first kappa shape index (κ1) is 23.6. The highest BCUT2D eigenvalue weighted by Gasteiger charge is 2.26. The summed E-state index contributed by atoms with van der Waals surface area (Å²) < 4.78 is 3.98. The van der Waals surface area contributed by atoms with E-state index in [0.717, 1.165) is 33.9 Å². The van der Waals surface area contributed by atoms with E-state index < -0.39 is 0 Å². The Morgan fingerprint density at radius 1 is 0.474 bits per heavy atom. The van der Waals surface area contributed by atoms with Gasteiger partial charge < -0.3 is 0 Å². The molecule has 186 valence electrons. The van der Waals surface area contributed by atoms with Crippen molar-refractivity contribution >= 4 is 0 Å². The van der Waals surface area contributed by atoms with Crippen LogP contribution in [0.4, 0.5) is 0 Å². The van der Waals surface area contributed by atoms with Crippen LogP contribution in [-0.2, 0) is 13.1 Å². The second kappa shape index (κ2) is 10.3. The standard InChI is InChI=1S/C32H28N6/c1-23-13-9-11-19-27(23)21-37-31(29(33-35-37)25-15-5-3-6-16-25)32-30(26-17-7-4-8-18-26)34-36-38(32)22-28-20-12-10-14-24(28)2/h3-20H,21-22H2,1-2H3. The van der Waals surface area contributed by atoms with Crippen LogP contribution in [0.15, 0.2) is 109 Å². The summed E-state index contributed by atoms with van der Waals surface area (Å²) in [5, 5.41) is 18.8. The molecule has 0 saturated heterocycles. The second-order valence-corrected chi connectivity index (χ2v) is 9.47. The lowest BCUT2D eigenvalue weighted by molar-refractivity contribution is 0.628. The highest BCUT2D eigenvalue weighted by molar-refractivity contribution is 5.84. The minimum absolute atomic E-state index is 0.589. The Labute approximate surface area is 222 Å². The highest BCUT2D eigenvalue weighted by Crippen LogP contribution is 2.37. The lowest BCUT2D eigenvalue weighted by Gasteiger charge is -2.14. The molecule has 0 aliphatic carbocycles. The normalized spacial score (nSPS) is 11.1. The molecule has 2 heterocycles. The van der Waals surface area contributed by atoms with Crippen LogP contribution in [0.2, 0.25) is 0 Å². The summed E-state index contributed by atoms with van der Waals surface area (Å²) in [6.07, 6.45) is 0. The molecule has 0 unspecified atom stereocenters. The van der Waals surface area contributed by atoms with E-state index in [9.17, 15) is 0 Å². The number of hydrogen-bond donors (Lipinski definition) is 0. The minimum Gasteiger partial charge on any atom is -0.238 e. The van der Waals surface area contributed by atoms with E-state index in [0.29, 0.717) is 13.1 Å². The smallest absolute Gasteiger partial charge is 0.122 e. The third kappa shape index (κ3) is 4.52. The van der Waals surface area contributed by atoms with Crippen LogP contribution < -0.4 is 0 Å². The van der Waals surface area contributed by atoms with E-state index in [1.54, 1.807) is 0 Å². The minimum atomic E-state index is 0.589. The van der Waals surface area contributed by atoms with E-state index in [-0.39, 0.29) is 0 Å². The van der Waals surface area contributed by atoms with Crippen molar-refractivity contribution in [1.29, 1.82) is 0 Å². The molecule has 0 amide bonds. The molecule has 0 saturated carbocycles. The van der Waals surface area contributed by atoms with Crippen LogP contribution in [0.25, 0.3) is 33.9 Å². The average Bonchev–Trinajstić information content (AvgIpc) is 3.56. The van der Waals surface area contributed by atoms with Crippen LogP contribution in [0.3, 0.4) is 0 Å². The Morgan fingerprint density at radius 3 is 1.24 bits per heavy atom. The van der Waals surface area contributed by atoms with E-state index >= 15 is 0 Å². The summed E-state index contributed by atoms with van der Waals surface area (Å²) in [7, 11) is 0. The molecular weight excluding hydrogens is 468 g/mol. The fourth-order valence-electron chi connectivity index (χ4n) is 4.79. The van der Waals surface area contributed by atoms with Gasteiger partial charge in [-0.2, -0.15) is 0 Å². The van der Waals surface area contributed by atoms with Crippen molar-refractivity contribution in [1.82, 2.24) is 30.0 Å². The highest BCUT2D eigenvalue weighted by atomic mass is 15.5. The zero-order valence-corrected chi connectivity index (χ0v) is 21.5. The van der Waals surface area contributed by atoms with Crippen molar-refractivity contribution in [2.45, 2.75) is 26.9 Å². The summed E-state index contributed by atoms with van der Waals surface area (Å²) in [4.78, 5) is 0. The molecule has 0 fully saturated rings. The maximum atomic E-state index is 4.71. The molecule has 0 N–H and O–H groups in total. The predicted molar refractivity (Wildman–Crippen MR) is 150 cm³/mol. The number of rotatable bonds is 7. The molecule has 0 bridgehead atoms. The van der Waals surface area contributed by atoms with E-state index in [2.05, 4.69) is 97.1 Å². The molecule has 6 nitrogen and oxygen atoms in total. The van der Waals surface area contributed by atoms with Crippen LogP contribution >= 0.6 is 0 Å². The zero-order valence-electron chi connectivity index (χ0n) is 21.5. The van der Waals surface area contributed by atoms with Crippen LogP contribution in [-0.4, -0.2) is 30.0 Å². The maximum Gasteiger partial charge on any atom is 0.122 e. The summed E-state index contributed by atoms with van der Waals surface area (Å²) in [6.45, 7) is 5.43. The van der Waals surface area contributed by atoms with Crippen molar-refractivity contribution in [3.05, 3.63) is 131 Å². The summed E-state index contributed by atoms with van der Waals surface area (Å²) in [5.74, 6) is 0. The van der Waals surface area contributed by atoms with Crippen LogP contribution in [0.1, 0.15) is 22.3 Å². The second-order valence-electron chi connectivity index (χ2n) is 9.47. The number of hydrogen-bond acceptors (Lipinski definition) is 4. The first-order valence-corrected chi connectivity index (χ1v) is 12.8. The topological polar surface area (TPSA) is 61.4 Å². The Morgan fingerprint density at radius 2 is 0.842 bits per heavy atom. The molecular formula is C32H28N6. The van der Waals surface area contributed by atoms with Gasteiger partial charge in [-0.1, -0.05) is 120 Å². The van der Waals surface area contributed by atoms with E-state index in [4.69, 9.17) is 10.2 Å². The first-order valence-electron chi connectivity index (χ1n) is 12.8. The van der Waals surface area contributed by atoms with Crippen molar-refractivity contribution in [3.63, 3.8) is 0 Å². The Bertz CT molecular complexity index is 1550. The van der Waals surface area contributed by atoms with Crippen molar-refractivity contribution in [2.24, 2.45) is 0 Å². The average molecular weight is 497 g/mol. The fraction of sp³-hybridized carbons (Fsp3) is 0.125. The SMILES string of the molecule is Cc1ccccc1Cn1nnc(-c2ccccc2)c1-c1c(-c2ccccc2)nnn1Cc1ccccc1C. The van der Waals surface area contributed by atoms with Crippen molar-refractivity contribution < 1.29 is 0 Å². The molecule has 0 atom stereocenters. The molecule has 0 aliphatic rings. The quantitative estimate of drug-likeness (QED) is 0.250. The van der Waals surface area contributed by atoms with Gasteiger partial charge in [0, 0.05) is 11.1 Å². The molecule has 6 rings (SSSR count). The Hall–Kier alpha value is -4.84. The molecule has 2 aromatic heterocycles. The van der Waals surface area contributed by atoms with Crippen molar-refractivity contribution in [2.75, 3.05) is 0 Å². The zero-order chi connectivity index (χ0) is 25.9. The van der Waals surface area contributed by atoms with E-state index in [1.165, 1.54) is 22.3 Å².